The molecule has 0 radical (unpaired) electrons. The van der Waals surface area contributed by atoms with Gasteiger partial charge in [-0.15, -0.1) is 0 Å². The number of likely N-dealkylation sites (tertiary alicyclic amines) is 1. The van der Waals surface area contributed by atoms with E-state index in [1.165, 1.54) is 0 Å². The van der Waals surface area contributed by atoms with Crippen LogP contribution in [0.1, 0.15) is 19.8 Å². The molecule has 2 aromatic heterocycles. The molecule has 0 saturated carbocycles. The molecule has 2 saturated heterocycles. The van der Waals surface area contributed by atoms with E-state index in [1.54, 1.807) is 10.8 Å². The second-order valence-electron chi connectivity index (χ2n) is 7.70. The van der Waals surface area contributed by atoms with Crippen LogP contribution in [0, 0.1) is 5.92 Å². The normalized spacial score (nSPS) is 19.4. The lowest BCUT2D eigenvalue weighted by atomic mass is 9.96. The van der Waals surface area contributed by atoms with Crippen LogP contribution in [0.25, 0.3) is 11.2 Å². The predicted molar refractivity (Wildman–Crippen MR) is 106 cm³/mol. The first-order valence-electron chi connectivity index (χ1n) is 10.3. The van der Waals surface area contributed by atoms with E-state index in [9.17, 15) is 9.59 Å². The third-order valence-corrected chi connectivity index (χ3v) is 5.96. The van der Waals surface area contributed by atoms with Crippen molar-refractivity contribution in [3.05, 3.63) is 28.8 Å². The predicted octanol–water partition coefficient (Wildman–Crippen LogP) is 0.789. The molecule has 2 fully saturated rings. The van der Waals surface area contributed by atoms with Crippen LogP contribution in [0.5, 0.6) is 0 Å². The minimum Gasteiger partial charge on any atom is -0.378 e. The summed E-state index contributed by atoms with van der Waals surface area (Å²) in [4.78, 5) is 33.8. The highest BCUT2D eigenvalue weighted by Gasteiger charge is 2.25. The Hall–Kier alpha value is -2.19. The lowest BCUT2D eigenvalue weighted by Gasteiger charge is -2.34. The number of carbonyl (C=O) groups is 1. The summed E-state index contributed by atoms with van der Waals surface area (Å²) >= 11 is 0. The number of hydrogen-bond donors (Lipinski definition) is 0. The van der Waals surface area contributed by atoms with Gasteiger partial charge in [-0.3, -0.25) is 18.8 Å². The highest BCUT2D eigenvalue weighted by molar-refractivity contribution is 5.78. The number of aromatic nitrogens is 3. The molecule has 152 valence electrons. The van der Waals surface area contributed by atoms with E-state index in [0.29, 0.717) is 51.9 Å². The van der Waals surface area contributed by atoms with Gasteiger partial charge in [0.1, 0.15) is 0 Å². The van der Waals surface area contributed by atoms with Gasteiger partial charge in [0.25, 0.3) is 0 Å². The first-order chi connectivity index (χ1) is 13.7. The standard InChI is InChI=1S/C20H29N5O3/c1-2-24-17-4-3-7-21-19(17)25(20(24)27)14-16-5-8-22(9-6-16)15-18(26)23-10-12-28-13-11-23/h3-4,7,16H,2,5-6,8-15H2,1H3. The first-order valence-corrected chi connectivity index (χ1v) is 10.3. The van der Waals surface area contributed by atoms with E-state index in [4.69, 9.17) is 4.74 Å². The number of amides is 1. The fourth-order valence-electron chi connectivity index (χ4n) is 4.31. The van der Waals surface area contributed by atoms with Crippen LogP contribution in [0.4, 0.5) is 0 Å². The van der Waals surface area contributed by atoms with Crippen molar-refractivity contribution in [3.8, 4) is 0 Å². The van der Waals surface area contributed by atoms with E-state index >= 15 is 0 Å². The monoisotopic (exact) mass is 387 g/mol. The SMILES string of the molecule is CCn1c(=O)n(CC2CCN(CC(=O)N3CCOCC3)CC2)c2ncccc21. The smallest absolute Gasteiger partial charge is 0.330 e. The summed E-state index contributed by atoms with van der Waals surface area (Å²) in [7, 11) is 0. The van der Waals surface area contributed by atoms with Crippen LogP contribution in [0.2, 0.25) is 0 Å². The summed E-state index contributed by atoms with van der Waals surface area (Å²) in [6, 6.07) is 3.84. The van der Waals surface area contributed by atoms with Gasteiger partial charge in [0.2, 0.25) is 5.91 Å². The van der Waals surface area contributed by atoms with Gasteiger partial charge in [0, 0.05) is 32.4 Å². The van der Waals surface area contributed by atoms with Gasteiger partial charge >= 0.3 is 5.69 Å². The number of nitrogens with zero attached hydrogens (tertiary/aromatic N) is 5. The fraction of sp³-hybridized carbons (Fsp3) is 0.650. The maximum absolute atomic E-state index is 12.8. The second-order valence-corrected chi connectivity index (χ2v) is 7.70. The van der Waals surface area contributed by atoms with Crippen LogP contribution in [-0.4, -0.2) is 75.8 Å². The Kier molecular flexibility index (Phi) is 5.77. The fourth-order valence-corrected chi connectivity index (χ4v) is 4.31. The van der Waals surface area contributed by atoms with Gasteiger partial charge < -0.3 is 9.64 Å². The molecule has 28 heavy (non-hydrogen) atoms. The maximum Gasteiger partial charge on any atom is 0.330 e. The molecule has 8 heteroatoms. The molecule has 2 aromatic rings. The van der Waals surface area contributed by atoms with Crippen LogP contribution in [0.3, 0.4) is 0 Å². The van der Waals surface area contributed by atoms with Crippen LogP contribution >= 0.6 is 0 Å². The van der Waals surface area contributed by atoms with Gasteiger partial charge in [-0.1, -0.05) is 0 Å². The largest absolute Gasteiger partial charge is 0.378 e. The average molecular weight is 387 g/mol. The lowest BCUT2D eigenvalue weighted by molar-refractivity contribution is -0.136. The number of imidazole rings is 1. The third-order valence-electron chi connectivity index (χ3n) is 5.96. The molecular formula is C20H29N5O3. The number of piperidine rings is 1. The van der Waals surface area contributed by atoms with Crippen LogP contribution in [0.15, 0.2) is 23.1 Å². The Morgan fingerprint density at radius 1 is 1.18 bits per heavy atom. The Balaban J connectivity index is 1.36. The average Bonchev–Trinajstić information content (AvgIpc) is 3.01. The molecule has 8 nitrogen and oxygen atoms in total. The summed E-state index contributed by atoms with van der Waals surface area (Å²) in [6.45, 7) is 8.31. The van der Waals surface area contributed by atoms with E-state index in [1.807, 2.05) is 28.5 Å². The summed E-state index contributed by atoms with van der Waals surface area (Å²) in [6.07, 6.45) is 3.74. The maximum atomic E-state index is 12.8. The molecule has 4 rings (SSSR count). The van der Waals surface area contributed by atoms with Crippen molar-refractivity contribution < 1.29 is 9.53 Å². The zero-order chi connectivity index (χ0) is 19.5. The summed E-state index contributed by atoms with van der Waals surface area (Å²) in [5.74, 6) is 0.638. The number of rotatable bonds is 5. The topological polar surface area (TPSA) is 72.6 Å². The van der Waals surface area contributed by atoms with Gasteiger partial charge in [-0.25, -0.2) is 9.78 Å². The van der Waals surface area contributed by atoms with Crippen molar-refractivity contribution >= 4 is 17.1 Å². The quantitative estimate of drug-likeness (QED) is 0.759. The highest BCUT2D eigenvalue weighted by Crippen LogP contribution is 2.21. The van der Waals surface area contributed by atoms with Crippen molar-refractivity contribution in [2.24, 2.45) is 5.92 Å². The zero-order valence-corrected chi connectivity index (χ0v) is 16.5. The van der Waals surface area contributed by atoms with Gasteiger partial charge in [-0.05, 0) is 50.9 Å². The molecule has 0 aromatic carbocycles. The number of morpholine rings is 1. The Labute approximate surface area is 164 Å². The molecule has 0 N–H and O–H groups in total. The lowest BCUT2D eigenvalue weighted by Crippen LogP contribution is -2.47. The number of fused-ring (bicyclic) bond motifs is 1. The molecule has 2 aliphatic heterocycles. The van der Waals surface area contributed by atoms with Crippen molar-refractivity contribution in [2.75, 3.05) is 45.9 Å². The van der Waals surface area contributed by atoms with Gasteiger partial charge in [-0.2, -0.15) is 0 Å². The second kappa shape index (κ2) is 8.45. The van der Waals surface area contributed by atoms with Crippen molar-refractivity contribution in [1.82, 2.24) is 23.9 Å². The van der Waals surface area contributed by atoms with Crippen molar-refractivity contribution in [3.63, 3.8) is 0 Å². The van der Waals surface area contributed by atoms with E-state index in [2.05, 4.69) is 9.88 Å². The zero-order valence-electron chi connectivity index (χ0n) is 16.5. The van der Waals surface area contributed by atoms with Crippen LogP contribution < -0.4 is 5.69 Å². The number of aryl methyl sites for hydroxylation is 1. The van der Waals surface area contributed by atoms with E-state index < -0.39 is 0 Å². The molecule has 2 aliphatic rings. The highest BCUT2D eigenvalue weighted by atomic mass is 16.5. The molecular weight excluding hydrogens is 358 g/mol. The van der Waals surface area contributed by atoms with Gasteiger partial charge in [0.05, 0.1) is 25.3 Å². The third kappa shape index (κ3) is 3.84. The number of carbonyl (C=O) groups excluding carboxylic acids is 1. The number of hydrogen-bond acceptors (Lipinski definition) is 5. The molecule has 0 unspecified atom stereocenters. The number of ether oxygens (including phenoxy) is 1. The summed E-state index contributed by atoms with van der Waals surface area (Å²) in [5, 5.41) is 0. The Morgan fingerprint density at radius 3 is 2.64 bits per heavy atom. The molecule has 0 aliphatic carbocycles. The molecule has 0 bridgehead atoms. The molecule has 0 atom stereocenters. The molecule has 0 spiro atoms. The van der Waals surface area contributed by atoms with Crippen molar-refractivity contribution in [1.29, 1.82) is 0 Å². The Morgan fingerprint density at radius 2 is 1.93 bits per heavy atom. The van der Waals surface area contributed by atoms with Gasteiger partial charge in [0.15, 0.2) is 5.65 Å². The summed E-state index contributed by atoms with van der Waals surface area (Å²) in [5.41, 5.74) is 1.71. The van der Waals surface area contributed by atoms with Crippen molar-refractivity contribution in [2.45, 2.75) is 32.9 Å². The minimum atomic E-state index is 0.0288. The van der Waals surface area contributed by atoms with Crippen LogP contribution in [-0.2, 0) is 22.6 Å². The first kappa shape index (κ1) is 19.1. The Bertz CT molecular complexity index is 876. The van der Waals surface area contributed by atoms with E-state index in [0.717, 1.165) is 37.1 Å². The number of pyridine rings is 1. The molecule has 4 heterocycles. The summed E-state index contributed by atoms with van der Waals surface area (Å²) < 4.78 is 8.94. The molecule has 1 amide bonds. The minimum absolute atomic E-state index is 0.0288. The van der Waals surface area contributed by atoms with E-state index in [-0.39, 0.29) is 11.6 Å².